The van der Waals surface area contributed by atoms with Crippen LogP contribution in [0.15, 0.2) is 33.6 Å². The third kappa shape index (κ3) is 4.28. The van der Waals surface area contributed by atoms with E-state index in [1.807, 2.05) is 0 Å². The van der Waals surface area contributed by atoms with Gasteiger partial charge in [-0.1, -0.05) is 22.9 Å². The minimum Gasteiger partial charge on any atom is -0.329 e. The molecule has 2 atom stereocenters. The smallest absolute Gasteiger partial charge is 0.179 e. The van der Waals surface area contributed by atoms with Crippen molar-refractivity contribution in [3.05, 3.63) is 28.7 Å². The lowest BCUT2D eigenvalue weighted by molar-refractivity contribution is 0.113. The lowest BCUT2D eigenvalue weighted by atomic mass is 9.91. The number of nitrogens with zero attached hydrogens (tertiary/aromatic N) is 1. The van der Waals surface area contributed by atoms with E-state index >= 15 is 0 Å². The zero-order chi connectivity index (χ0) is 15.5. The van der Waals surface area contributed by atoms with Gasteiger partial charge < -0.3 is 5.73 Å². The normalized spacial score (nSPS) is 24.1. The Kier molecular flexibility index (Phi) is 5.82. The molecule has 118 valence electrons. The quantitative estimate of drug-likeness (QED) is 0.858. The second kappa shape index (κ2) is 7.22. The molecule has 1 aliphatic heterocycles. The lowest BCUT2D eigenvalue weighted by Crippen LogP contribution is -2.49. The summed E-state index contributed by atoms with van der Waals surface area (Å²) in [5.74, 6) is 0.692. The van der Waals surface area contributed by atoms with Crippen LogP contribution in [0.2, 0.25) is 0 Å². The van der Waals surface area contributed by atoms with Crippen molar-refractivity contribution in [2.45, 2.75) is 30.7 Å². The fourth-order valence-electron chi connectivity index (χ4n) is 2.99. The van der Waals surface area contributed by atoms with E-state index in [1.165, 1.54) is 6.42 Å². The van der Waals surface area contributed by atoms with Crippen LogP contribution < -0.4 is 5.73 Å². The van der Waals surface area contributed by atoms with E-state index in [4.69, 9.17) is 5.73 Å². The van der Waals surface area contributed by atoms with E-state index in [0.717, 1.165) is 17.4 Å². The standard InChI is InChI=1S/C15H23BrN2O2S/c1-12-3-2-8-18(15(12)11-17)9-10-21(19,20)14-6-4-13(16)5-7-14/h4-7,12,15H,2-3,8-11,17H2,1H3. The van der Waals surface area contributed by atoms with Crippen molar-refractivity contribution in [1.82, 2.24) is 4.90 Å². The number of halogens is 1. The summed E-state index contributed by atoms with van der Waals surface area (Å²) in [5.41, 5.74) is 5.85. The van der Waals surface area contributed by atoms with E-state index in [1.54, 1.807) is 24.3 Å². The minimum absolute atomic E-state index is 0.151. The summed E-state index contributed by atoms with van der Waals surface area (Å²) < 4.78 is 25.7. The SMILES string of the molecule is CC1CCCN(CCS(=O)(=O)c2ccc(Br)cc2)C1CN. The van der Waals surface area contributed by atoms with Crippen LogP contribution in [0.1, 0.15) is 19.8 Å². The van der Waals surface area contributed by atoms with E-state index in [-0.39, 0.29) is 5.75 Å². The van der Waals surface area contributed by atoms with Gasteiger partial charge in [-0.3, -0.25) is 4.90 Å². The van der Waals surface area contributed by atoms with E-state index < -0.39 is 9.84 Å². The van der Waals surface area contributed by atoms with Crippen LogP contribution in [0.5, 0.6) is 0 Å². The molecular formula is C15H23BrN2O2S. The predicted molar refractivity (Wildman–Crippen MR) is 89.0 cm³/mol. The summed E-state index contributed by atoms with van der Waals surface area (Å²) in [7, 11) is -3.23. The van der Waals surface area contributed by atoms with Crippen LogP contribution in [0, 0.1) is 5.92 Å². The highest BCUT2D eigenvalue weighted by Crippen LogP contribution is 2.23. The van der Waals surface area contributed by atoms with Crippen molar-refractivity contribution < 1.29 is 8.42 Å². The molecule has 2 rings (SSSR count). The van der Waals surface area contributed by atoms with Gasteiger partial charge in [0.25, 0.3) is 0 Å². The highest BCUT2D eigenvalue weighted by molar-refractivity contribution is 9.10. The molecule has 0 bridgehead atoms. The molecule has 1 fully saturated rings. The van der Waals surface area contributed by atoms with Crippen molar-refractivity contribution in [3.63, 3.8) is 0 Å². The number of rotatable bonds is 5. The van der Waals surface area contributed by atoms with Crippen molar-refractivity contribution >= 4 is 25.8 Å². The number of hydrogen-bond acceptors (Lipinski definition) is 4. The van der Waals surface area contributed by atoms with Gasteiger partial charge >= 0.3 is 0 Å². The third-order valence-corrected chi connectivity index (χ3v) is 6.53. The summed E-state index contributed by atoms with van der Waals surface area (Å²) in [6.07, 6.45) is 2.30. The molecule has 1 aromatic rings. The first-order chi connectivity index (χ1) is 9.94. The Morgan fingerprint density at radius 2 is 2.00 bits per heavy atom. The van der Waals surface area contributed by atoms with Crippen LogP contribution in [0.25, 0.3) is 0 Å². The summed E-state index contributed by atoms with van der Waals surface area (Å²) in [6.45, 7) is 4.30. The van der Waals surface area contributed by atoms with Gasteiger partial charge in [-0.15, -0.1) is 0 Å². The number of hydrogen-bond donors (Lipinski definition) is 1. The van der Waals surface area contributed by atoms with Crippen molar-refractivity contribution in [2.75, 3.05) is 25.4 Å². The van der Waals surface area contributed by atoms with Gasteiger partial charge in [0.1, 0.15) is 0 Å². The van der Waals surface area contributed by atoms with Crippen LogP contribution in [0.3, 0.4) is 0 Å². The summed E-state index contributed by atoms with van der Waals surface area (Å²) in [4.78, 5) is 2.63. The maximum atomic E-state index is 12.4. The Balaban J connectivity index is 2.02. The average molecular weight is 375 g/mol. The molecule has 6 heteroatoms. The molecule has 1 aliphatic rings. The Morgan fingerprint density at radius 1 is 1.33 bits per heavy atom. The van der Waals surface area contributed by atoms with Gasteiger partial charge in [-0.25, -0.2) is 8.42 Å². The molecule has 2 N–H and O–H groups in total. The molecule has 2 unspecified atom stereocenters. The molecule has 21 heavy (non-hydrogen) atoms. The summed E-state index contributed by atoms with van der Waals surface area (Å²) in [6, 6.07) is 7.13. The second-order valence-electron chi connectivity index (χ2n) is 5.73. The molecule has 0 spiro atoms. The molecule has 4 nitrogen and oxygen atoms in total. The molecule has 1 saturated heterocycles. The number of sulfone groups is 1. The highest BCUT2D eigenvalue weighted by Gasteiger charge is 2.28. The molecular weight excluding hydrogens is 352 g/mol. The monoisotopic (exact) mass is 374 g/mol. The van der Waals surface area contributed by atoms with Crippen molar-refractivity contribution in [2.24, 2.45) is 11.7 Å². The lowest BCUT2D eigenvalue weighted by Gasteiger charge is -2.39. The molecule has 0 aromatic heterocycles. The molecule has 1 heterocycles. The maximum Gasteiger partial charge on any atom is 0.179 e. The fourth-order valence-corrected chi connectivity index (χ4v) is 4.52. The first-order valence-electron chi connectivity index (χ1n) is 7.36. The Hall–Kier alpha value is -0.430. The van der Waals surface area contributed by atoms with Crippen LogP contribution in [0.4, 0.5) is 0 Å². The zero-order valence-corrected chi connectivity index (χ0v) is 14.7. The third-order valence-electron chi connectivity index (χ3n) is 4.29. The van der Waals surface area contributed by atoms with Crippen molar-refractivity contribution in [1.29, 1.82) is 0 Å². The molecule has 0 aliphatic carbocycles. The number of benzene rings is 1. The summed E-state index contributed by atoms with van der Waals surface area (Å²) >= 11 is 3.32. The zero-order valence-electron chi connectivity index (χ0n) is 12.3. The summed E-state index contributed by atoms with van der Waals surface area (Å²) in [5, 5.41) is 0. The average Bonchev–Trinajstić information content (AvgIpc) is 2.46. The fraction of sp³-hybridized carbons (Fsp3) is 0.600. The van der Waals surface area contributed by atoms with Gasteiger partial charge in [0.05, 0.1) is 10.6 Å². The molecule has 0 radical (unpaired) electrons. The minimum atomic E-state index is -3.23. The first-order valence-corrected chi connectivity index (χ1v) is 9.81. The first kappa shape index (κ1) is 16.9. The largest absolute Gasteiger partial charge is 0.329 e. The van der Waals surface area contributed by atoms with Gasteiger partial charge in [0, 0.05) is 23.6 Å². The van der Waals surface area contributed by atoms with E-state index in [9.17, 15) is 8.42 Å². The Morgan fingerprint density at radius 3 is 2.62 bits per heavy atom. The van der Waals surface area contributed by atoms with Gasteiger partial charge in [0.2, 0.25) is 0 Å². The number of nitrogens with two attached hydrogens (primary N) is 1. The molecule has 0 amide bonds. The predicted octanol–water partition coefficient (Wildman–Crippen LogP) is 2.28. The van der Waals surface area contributed by atoms with Crippen LogP contribution >= 0.6 is 15.9 Å². The van der Waals surface area contributed by atoms with Gasteiger partial charge in [-0.2, -0.15) is 0 Å². The van der Waals surface area contributed by atoms with E-state index in [2.05, 4.69) is 27.8 Å². The van der Waals surface area contributed by atoms with Crippen LogP contribution in [-0.4, -0.2) is 44.7 Å². The Labute approximate surface area is 135 Å². The van der Waals surface area contributed by atoms with E-state index in [0.29, 0.717) is 29.9 Å². The second-order valence-corrected chi connectivity index (χ2v) is 8.76. The number of likely N-dealkylation sites (tertiary alicyclic amines) is 1. The number of piperidine rings is 1. The molecule has 0 saturated carbocycles. The van der Waals surface area contributed by atoms with Crippen molar-refractivity contribution in [3.8, 4) is 0 Å². The van der Waals surface area contributed by atoms with Gasteiger partial charge in [-0.05, 0) is 49.6 Å². The molecule has 1 aromatic carbocycles. The van der Waals surface area contributed by atoms with Gasteiger partial charge in [0.15, 0.2) is 9.84 Å². The topological polar surface area (TPSA) is 63.4 Å². The van der Waals surface area contributed by atoms with Crippen LogP contribution in [-0.2, 0) is 9.84 Å². The Bertz CT molecular complexity index is 560. The highest BCUT2D eigenvalue weighted by atomic mass is 79.9. The maximum absolute atomic E-state index is 12.4.